The van der Waals surface area contributed by atoms with Gasteiger partial charge in [0.05, 0.1) is 13.2 Å². The summed E-state index contributed by atoms with van der Waals surface area (Å²) >= 11 is 0. The Morgan fingerprint density at radius 2 is 1.56 bits per heavy atom. The topological polar surface area (TPSA) is 62.3 Å². The Morgan fingerprint density at radius 3 is 2.16 bits per heavy atom. The van der Waals surface area contributed by atoms with E-state index >= 15 is 0 Å². The predicted molar refractivity (Wildman–Crippen MR) is 93.2 cm³/mol. The highest BCUT2D eigenvalue weighted by Crippen LogP contribution is 2.25. The van der Waals surface area contributed by atoms with Crippen molar-refractivity contribution < 1.29 is 19.1 Å². The number of likely N-dealkylation sites (tertiary alicyclic amines) is 2. The summed E-state index contributed by atoms with van der Waals surface area (Å²) in [5, 5.41) is 0. The summed E-state index contributed by atoms with van der Waals surface area (Å²) in [4.78, 5) is 30.9. The minimum atomic E-state index is 0.0933. The smallest absolute Gasteiger partial charge is 0.248 e. The van der Waals surface area contributed by atoms with Gasteiger partial charge < -0.3 is 24.2 Å². The fraction of sp³-hybridized carbons (Fsp3) is 0.889. The minimum absolute atomic E-state index is 0.0933. The van der Waals surface area contributed by atoms with Crippen molar-refractivity contribution in [2.24, 2.45) is 5.92 Å². The van der Waals surface area contributed by atoms with Crippen LogP contribution in [0, 0.1) is 5.92 Å². The molecule has 3 fully saturated rings. The molecule has 0 bridgehead atoms. The first-order chi connectivity index (χ1) is 12.2. The van der Waals surface area contributed by atoms with Gasteiger partial charge in [0.25, 0.3) is 0 Å². The number of nitrogens with zero attached hydrogens (tertiary/aromatic N) is 3. The first-order valence-corrected chi connectivity index (χ1v) is 9.56. The third kappa shape index (κ3) is 4.71. The molecule has 7 nitrogen and oxygen atoms in total. The lowest BCUT2D eigenvalue weighted by atomic mass is 9.92. The number of hydrogen-bond acceptors (Lipinski definition) is 5. The molecule has 3 rings (SSSR count). The van der Waals surface area contributed by atoms with Crippen molar-refractivity contribution in [3.05, 3.63) is 0 Å². The van der Waals surface area contributed by atoms with Gasteiger partial charge in [-0.05, 0) is 38.8 Å². The van der Waals surface area contributed by atoms with E-state index in [9.17, 15) is 9.59 Å². The van der Waals surface area contributed by atoms with Crippen LogP contribution in [0.4, 0.5) is 0 Å². The van der Waals surface area contributed by atoms with Gasteiger partial charge in [-0.1, -0.05) is 0 Å². The van der Waals surface area contributed by atoms with Gasteiger partial charge >= 0.3 is 0 Å². The molecule has 0 saturated carbocycles. The molecule has 0 N–H and O–H groups in total. The van der Waals surface area contributed by atoms with E-state index in [1.165, 1.54) is 0 Å². The molecule has 0 radical (unpaired) electrons. The molecule has 3 aliphatic heterocycles. The maximum absolute atomic E-state index is 12.6. The summed E-state index contributed by atoms with van der Waals surface area (Å²) in [6, 6.07) is 0.547. The molecule has 0 aromatic heterocycles. The van der Waals surface area contributed by atoms with Crippen LogP contribution >= 0.6 is 0 Å². The van der Waals surface area contributed by atoms with Gasteiger partial charge in [-0.2, -0.15) is 0 Å². The third-order valence-corrected chi connectivity index (χ3v) is 5.80. The number of ether oxygens (including phenoxy) is 2. The van der Waals surface area contributed by atoms with Crippen LogP contribution in [-0.4, -0.2) is 98.8 Å². The number of amides is 2. The zero-order chi connectivity index (χ0) is 17.6. The van der Waals surface area contributed by atoms with Crippen molar-refractivity contribution in [1.82, 2.24) is 14.7 Å². The molecule has 3 heterocycles. The van der Waals surface area contributed by atoms with E-state index in [2.05, 4.69) is 4.90 Å². The Kier molecular flexibility index (Phi) is 6.67. The van der Waals surface area contributed by atoms with E-state index < -0.39 is 0 Å². The van der Waals surface area contributed by atoms with Crippen LogP contribution < -0.4 is 0 Å². The van der Waals surface area contributed by atoms with Crippen LogP contribution in [0.2, 0.25) is 0 Å². The monoisotopic (exact) mass is 353 g/mol. The number of carbonyl (C=O) groups is 2. The van der Waals surface area contributed by atoms with Crippen LogP contribution in [0.3, 0.4) is 0 Å². The van der Waals surface area contributed by atoms with Gasteiger partial charge in [0.15, 0.2) is 0 Å². The van der Waals surface area contributed by atoms with Crippen molar-refractivity contribution in [3.63, 3.8) is 0 Å². The zero-order valence-corrected chi connectivity index (χ0v) is 15.3. The first kappa shape index (κ1) is 18.6. The number of carbonyl (C=O) groups excluding carboxylic acids is 2. The van der Waals surface area contributed by atoms with Crippen molar-refractivity contribution in [2.45, 2.75) is 31.7 Å². The van der Waals surface area contributed by atoms with Gasteiger partial charge in [-0.25, -0.2) is 0 Å². The molecule has 3 saturated heterocycles. The second-order valence-corrected chi connectivity index (χ2v) is 7.29. The lowest BCUT2D eigenvalue weighted by Crippen LogP contribution is -2.51. The van der Waals surface area contributed by atoms with Crippen LogP contribution in [-0.2, 0) is 19.1 Å². The zero-order valence-electron chi connectivity index (χ0n) is 15.3. The highest BCUT2D eigenvalue weighted by atomic mass is 16.5. The van der Waals surface area contributed by atoms with Crippen LogP contribution in [0.15, 0.2) is 0 Å². The van der Waals surface area contributed by atoms with E-state index in [1.54, 1.807) is 7.11 Å². The summed E-state index contributed by atoms with van der Waals surface area (Å²) < 4.78 is 10.3. The molecule has 25 heavy (non-hydrogen) atoms. The van der Waals surface area contributed by atoms with E-state index in [1.807, 2.05) is 9.80 Å². The van der Waals surface area contributed by atoms with E-state index in [4.69, 9.17) is 9.47 Å². The van der Waals surface area contributed by atoms with Gasteiger partial charge in [0.2, 0.25) is 11.8 Å². The standard InChI is InChI=1S/C18H31N3O4/c1-24-14-17(22)20-8-4-16(5-9-20)19-6-2-15(3-7-19)18(23)21-10-12-25-13-11-21/h15-16H,2-14H2,1H3. The molecule has 2 amide bonds. The summed E-state index contributed by atoms with van der Waals surface area (Å²) in [6.45, 7) is 6.64. The summed E-state index contributed by atoms with van der Waals surface area (Å²) in [5.74, 6) is 0.594. The maximum Gasteiger partial charge on any atom is 0.248 e. The lowest BCUT2D eigenvalue weighted by molar-refractivity contribution is -0.142. The lowest BCUT2D eigenvalue weighted by Gasteiger charge is -2.42. The van der Waals surface area contributed by atoms with Crippen molar-refractivity contribution >= 4 is 11.8 Å². The number of piperidine rings is 2. The molecule has 142 valence electrons. The second-order valence-electron chi connectivity index (χ2n) is 7.29. The fourth-order valence-corrected chi connectivity index (χ4v) is 4.25. The largest absolute Gasteiger partial charge is 0.378 e. The van der Waals surface area contributed by atoms with Gasteiger partial charge in [0.1, 0.15) is 6.61 Å². The number of morpholine rings is 1. The highest BCUT2D eigenvalue weighted by Gasteiger charge is 2.33. The Hall–Kier alpha value is -1.18. The van der Waals surface area contributed by atoms with Crippen molar-refractivity contribution in [2.75, 3.05) is 66.2 Å². The fourth-order valence-electron chi connectivity index (χ4n) is 4.25. The highest BCUT2D eigenvalue weighted by molar-refractivity contribution is 5.79. The molecule has 0 aliphatic carbocycles. The normalized spacial score (nSPS) is 24.5. The quantitative estimate of drug-likeness (QED) is 0.722. The van der Waals surface area contributed by atoms with Crippen LogP contribution in [0.5, 0.6) is 0 Å². The first-order valence-electron chi connectivity index (χ1n) is 9.56. The Labute approximate surface area is 150 Å². The van der Waals surface area contributed by atoms with Crippen LogP contribution in [0.1, 0.15) is 25.7 Å². The Bertz CT molecular complexity index is 451. The third-order valence-electron chi connectivity index (χ3n) is 5.80. The molecular weight excluding hydrogens is 322 g/mol. The molecular formula is C18H31N3O4. The second kappa shape index (κ2) is 8.96. The van der Waals surface area contributed by atoms with E-state index in [0.717, 1.165) is 65.0 Å². The SMILES string of the molecule is COCC(=O)N1CCC(N2CCC(C(=O)N3CCOCC3)CC2)CC1. The van der Waals surface area contributed by atoms with E-state index in [-0.39, 0.29) is 18.4 Å². The summed E-state index contributed by atoms with van der Waals surface area (Å²) in [6.07, 6.45) is 3.97. The minimum Gasteiger partial charge on any atom is -0.378 e. The Balaban J connectivity index is 1.41. The average molecular weight is 353 g/mol. The molecule has 0 spiro atoms. The molecule has 3 aliphatic rings. The molecule has 0 aromatic rings. The predicted octanol–water partition coefficient (Wildman–Crippen LogP) is 0.195. The Morgan fingerprint density at radius 1 is 0.920 bits per heavy atom. The van der Waals surface area contributed by atoms with Crippen molar-refractivity contribution in [1.29, 1.82) is 0 Å². The number of hydrogen-bond donors (Lipinski definition) is 0. The summed E-state index contributed by atoms with van der Waals surface area (Å²) in [7, 11) is 1.56. The number of rotatable bonds is 4. The molecule has 0 unspecified atom stereocenters. The molecule has 7 heteroatoms. The summed E-state index contributed by atoms with van der Waals surface area (Å²) in [5.41, 5.74) is 0. The molecule has 0 aromatic carbocycles. The van der Waals surface area contributed by atoms with Crippen molar-refractivity contribution in [3.8, 4) is 0 Å². The van der Waals surface area contributed by atoms with E-state index in [0.29, 0.717) is 25.2 Å². The van der Waals surface area contributed by atoms with Gasteiger partial charge in [-0.3, -0.25) is 9.59 Å². The maximum atomic E-state index is 12.6. The average Bonchev–Trinajstić information content (AvgIpc) is 2.68. The molecule has 0 atom stereocenters. The number of methoxy groups -OCH3 is 1. The van der Waals surface area contributed by atoms with Gasteiger partial charge in [0, 0.05) is 45.2 Å². The van der Waals surface area contributed by atoms with Gasteiger partial charge in [-0.15, -0.1) is 0 Å². The van der Waals surface area contributed by atoms with Crippen LogP contribution in [0.25, 0.3) is 0 Å².